The lowest BCUT2D eigenvalue weighted by Gasteiger charge is -2.43. The molecule has 0 bridgehead atoms. The van der Waals surface area contributed by atoms with Crippen molar-refractivity contribution in [1.29, 1.82) is 0 Å². The predicted molar refractivity (Wildman–Crippen MR) is 91.1 cm³/mol. The van der Waals surface area contributed by atoms with Crippen molar-refractivity contribution in [3.05, 3.63) is 0 Å². The highest BCUT2D eigenvalue weighted by Crippen LogP contribution is 2.62. The highest BCUT2D eigenvalue weighted by atomic mass is 28.4. The average Bonchev–Trinajstić information content (AvgIpc) is 2.76. The Labute approximate surface area is 202 Å². The van der Waals surface area contributed by atoms with Gasteiger partial charge in [0.05, 0.1) is 0 Å². The molecule has 0 aliphatic carbocycles. The van der Waals surface area contributed by atoms with Crippen LogP contribution < -0.4 is 0 Å². The summed E-state index contributed by atoms with van der Waals surface area (Å²) in [6.07, 6.45) is -15.8. The fourth-order valence-corrected chi connectivity index (χ4v) is 5.02. The van der Waals surface area contributed by atoms with E-state index in [1.807, 2.05) is 0 Å². The summed E-state index contributed by atoms with van der Waals surface area (Å²) in [5, 5.41) is 0. The van der Waals surface area contributed by atoms with Crippen LogP contribution in [0.15, 0.2) is 0 Å². The number of alkyl halides is 17. The lowest BCUT2D eigenvalue weighted by atomic mass is 9.89. The quantitative estimate of drug-likeness (QED) is 0.161. The van der Waals surface area contributed by atoms with Gasteiger partial charge in [-0.15, -0.1) is 0 Å². The molecule has 0 aromatic rings. The minimum atomic E-state index is -8.52. The van der Waals surface area contributed by atoms with E-state index in [-0.39, 0.29) is 0 Å². The normalized spacial score (nSPS) is 17.4. The number of carbonyl (C=O) groups excluding carboxylic acids is 1. The van der Waals surface area contributed by atoms with Crippen molar-refractivity contribution in [1.82, 2.24) is 0 Å². The zero-order chi connectivity index (χ0) is 30.9. The van der Waals surface area contributed by atoms with Crippen LogP contribution in [0.25, 0.3) is 0 Å². The van der Waals surface area contributed by atoms with Crippen molar-refractivity contribution in [2.45, 2.75) is 80.9 Å². The average molecular weight is 624 g/mol. The lowest BCUT2D eigenvalue weighted by molar-refractivity contribution is -0.433. The van der Waals surface area contributed by atoms with Crippen molar-refractivity contribution in [2.75, 3.05) is 13.2 Å². The summed E-state index contributed by atoms with van der Waals surface area (Å²) in [7, 11) is -6.33. The van der Waals surface area contributed by atoms with Crippen LogP contribution in [0.5, 0.6) is 0 Å². The summed E-state index contributed by atoms with van der Waals surface area (Å²) in [4.78, 5) is 11.1. The van der Waals surface area contributed by atoms with Gasteiger partial charge in [0, 0.05) is 20.1 Å². The highest BCUT2D eigenvalue weighted by Gasteiger charge is 2.93. The van der Waals surface area contributed by atoms with Crippen molar-refractivity contribution >= 4 is 14.8 Å². The summed E-state index contributed by atoms with van der Waals surface area (Å²) < 4.78 is 244. The number of hydrogen-bond donors (Lipinski definition) is 0. The van der Waals surface area contributed by atoms with Gasteiger partial charge in [-0.3, -0.25) is 4.79 Å². The van der Waals surface area contributed by atoms with E-state index in [2.05, 4.69) is 13.3 Å². The maximum absolute atomic E-state index is 14.7. The molecule has 0 radical (unpaired) electrons. The Balaban J connectivity index is 6.96. The fraction of sp³-hybridized carbons (Fsp3) is 0.938. The third kappa shape index (κ3) is 5.66. The Morgan fingerprint density at radius 3 is 1.29 bits per heavy atom. The van der Waals surface area contributed by atoms with Gasteiger partial charge in [-0.1, -0.05) is 0 Å². The number of hydrogen-bond acceptors (Lipinski definition) is 4. The predicted octanol–water partition coefficient (Wildman–Crippen LogP) is 6.19. The van der Waals surface area contributed by atoms with Crippen molar-refractivity contribution < 1.29 is 92.7 Å². The van der Waals surface area contributed by atoms with Crippen molar-refractivity contribution in [3.63, 3.8) is 0 Å². The lowest BCUT2D eigenvalue weighted by Crippen LogP contribution is -2.75. The molecule has 0 fully saturated rings. The molecule has 0 N–H and O–H groups in total. The Morgan fingerprint density at radius 1 is 0.658 bits per heavy atom. The van der Waals surface area contributed by atoms with Gasteiger partial charge in [0.15, 0.2) is 6.17 Å². The van der Waals surface area contributed by atoms with E-state index < -0.39 is 88.1 Å². The summed E-state index contributed by atoms with van der Waals surface area (Å²) in [6.45, 7) is -0.276. The van der Waals surface area contributed by atoms with Crippen LogP contribution in [-0.2, 0) is 18.1 Å². The zero-order valence-corrected chi connectivity index (χ0v) is 19.8. The molecule has 0 saturated heterocycles. The standard InChI is InChI=1S/C16H17F17O4Si/c1-4-35-38(36-5-2,37-6(3)34)10(21)12(24,25)14(28,29)16(32,33)15(30,31)13(26,27)11(22,23)8(18)7(17)9(19)20/h7-10H,4-5H2,1-3H3. The summed E-state index contributed by atoms with van der Waals surface area (Å²) >= 11 is 0. The monoisotopic (exact) mass is 624 g/mol. The molecule has 0 rings (SSSR count). The minimum Gasteiger partial charge on any atom is -0.472 e. The Morgan fingerprint density at radius 2 is 1.00 bits per heavy atom. The van der Waals surface area contributed by atoms with Gasteiger partial charge < -0.3 is 13.3 Å². The van der Waals surface area contributed by atoms with E-state index in [0.717, 1.165) is 13.8 Å². The first-order chi connectivity index (χ1) is 16.7. The summed E-state index contributed by atoms with van der Waals surface area (Å²) in [6, 6.07) is 0. The molecule has 0 aromatic carbocycles. The number of rotatable bonds is 15. The van der Waals surface area contributed by atoms with Gasteiger partial charge in [0.2, 0.25) is 6.17 Å². The third-order valence-corrected chi connectivity index (χ3v) is 7.43. The molecular weight excluding hydrogens is 607 g/mol. The van der Waals surface area contributed by atoms with Crippen molar-refractivity contribution in [3.8, 4) is 0 Å². The van der Waals surface area contributed by atoms with Crippen LogP contribution in [0.4, 0.5) is 74.6 Å². The zero-order valence-electron chi connectivity index (χ0n) is 18.8. The molecule has 0 heterocycles. The third-order valence-electron chi connectivity index (χ3n) is 4.49. The molecule has 0 saturated carbocycles. The molecule has 4 nitrogen and oxygen atoms in total. The van der Waals surface area contributed by atoms with Crippen LogP contribution in [0.1, 0.15) is 20.8 Å². The van der Waals surface area contributed by atoms with E-state index in [4.69, 9.17) is 0 Å². The Hall–Kier alpha value is -1.58. The van der Waals surface area contributed by atoms with E-state index in [1.54, 1.807) is 0 Å². The maximum Gasteiger partial charge on any atom is 0.610 e. The summed E-state index contributed by atoms with van der Waals surface area (Å²) in [5.74, 6) is -55.5. The van der Waals surface area contributed by atoms with Crippen LogP contribution >= 0.6 is 0 Å². The van der Waals surface area contributed by atoms with E-state index in [0.29, 0.717) is 6.92 Å². The number of halogens is 17. The highest BCUT2D eigenvalue weighted by molar-refractivity contribution is 6.64. The molecule has 22 heteroatoms. The first-order valence-electron chi connectivity index (χ1n) is 9.65. The van der Waals surface area contributed by atoms with E-state index in [9.17, 15) is 79.4 Å². The van der Waals surface area contributed by atoms with Gasteiger partial charge in [-0.25, -0.2) is 22.0 Å². The largest absolute Gasteiger partial charge is 0.610 e. The fourth-order valence-electron chi connectivity index (χ4n) is 2.60. The molecule has 3 unspecified atom stereocenters. The van der Waals surface area contributed by atoms with Gasteiger partial charge in [0.1, 0.15) is 0 Å². The first-order valence-corrected chi connectivity index (χ1v) is 11.5. The molecule has 3 atom stereocenters. The number of carbonyl (C=O) groups is 1. The van der Waals surface area contributed by atoms with Gasteiger partial charge >= 0.3 is 44.3 Å². The van der Waals surface area contributed by atoms with Crippen LogP contribution in [0.3, 0.4) is 0 Å². The van der Waals surface area contributed by atoms with Crippen molar-refractivity contribution in [2.24, 2.45) is 0 Å². The molecule has 0 aliphatic heterocycles. The Bertz CT molecular complexity index is 803. The second-order valence-corrected chi connectivity index (χ2v) is 9.65. The molecule has 0 aliphatic rings. The van der Waals surface area contributed by atoms with Gasteiger partial charge in [0.25, 0.3) is 18.2 Å². The molecule has 228 valence electrons. The van der Waals surface area contributed by atoms with Gasteiger partial charge in [-0.05, 0) is 13.8 Å². The van der Waals surface area contributed by atoms with Crippen LogP contribution in [0, 0.1) is 0 Å². The van der Waals surface area contributed by atoms with E-state index >= 15 is 0 Å². The smallest absolute Gasteiger partial charge is 0.472 e. The minimum absolute atomic E-state index is 0.291. The molecule has 38 heavy (non-hydrogen) atoms. The summed E-state index contributed by atoms with van der Waals surface area (Å²) in [5.41, 5.74) is 0. The topological polar surface area (TPSA) is 44.8 Å². The Kier molecular flexibility index (Phi) is 11.0. The SMILES string of the molecule is CCO[Si](OCC)(OC(C)=O)C(F)C(F)(F)C(F)(F)C(F)(F)C(F)(F)C(F)(F)C(F)(F)C(F)C(F)C(F)F. The molecule has 0 spiro atoms. The second-order valence-electron chi connectivity index (χ2n) is 7.15. The van der Waals surface area contributed by atoms with Gasteiger partial charge in [-0.2, -0.15) is 52.7 Å². The van der Waals surface area contributed by atoms with E-state index in [1.165, 1.54) is 0 Å². The van der Waals surface area contributed by atoms with Crippen LogP contribution in [0.2, 0.25) is 0 Å². The maximum atomic E-state index is 14.7. The second kappa shape index (κ2) is 11.5. The first kappa shape index (κ1) is 36.4. The molecule has 0 aromatic heterocycles. The van der Waals surface area contributed by atoms with Crippen LogP contribution in [-0.4, -0.2) is 88.1 Å². The molecular formula is C16H17F17O4Si. The molecule has 0 amide bonds.